The average molecular weight is 365 g/mol. The van der Waals surface area contributed by atoms with Gasteiger partial charge in [-0.3, -0.25) is 4.68 Å². The van der Waals surface area contributed by atoms with Crippen molar-refractivity contribution in [2.24, 2.45) is 7.05 Å². The van der Waals surface area contributed by atoms with Gasteiger partial charge in [-0.2, -0.15) is 5.10 Å². The number of benzene rings is 2. The number of fused-ring (bicyclic) bond motifs is 1. The summed E-state index contributed by atoms with van der Waals surface area (Å²) in [5, 5.41) is 4.06. The predicted molar refractivity (Wildman–Crippen MR) is 99.4 cm³/mol. The predicted octanol–water partition coefficient (Wildman–Crippen LogP) is 4.19. The van der Waals surface area contributed by atoms with Gasteiger partial charge in [0.1, 0.15) is 11.6 Å². The Balaban J connectivity index is 1.50. The van der Waals surface area contributed by atoms with Gasteiger partial charge in [0.15, 0.2) is 0 Å². The summed E-state index contributed by atoms with van der Waals surface area (Å²) in [5.41, 5.74) is 4.00. The summed E-state index contributed by atoms with van der Waals surface area (Å²) in [6, 6.07) is 8.30. The quantitative estimate of drug-likeness (QED) is 0.592. The van der Waals surface area contributed by atoms with Gasteiger partial charge >= 0.3 is 0 Å². The SMILES string of the molecule is Cn1cc(-c2cc(F)c(C3CCN3c3ccc4[nH]cnc4c3)c(F)c2)cn1. The first-order valence-corrected chi connectivity index (χ1v) is 8.78. The number of hydrogen-bond acceptors (Lipinski definition) is 3. The van der Waals surface area contributed by atoms with Crippen LogP contribution in [0.2, 0.25) is 0 Å². The van der Waals surface area contributed by atoms with Crippen molar-refractivity contribution in [2.45, 2.75) is 12.5 Å². The van der Waals surface area contributed by atoms with Crippen LogP contribution >= 0.6 is 0 Å². The number of aromatic amines is 1. The molecule has 0 bridgehead atoms. The molecule has 1 atom stereocenters. The number of rotatable bonds is 3. The number of H-pyrrole nitrogens is 1. The second-order valence-electron chi connectivity index (χ2n) is 6.86. The minimum atomic E-state index is -0.524. The highest BCUT2D eigenvalue weighted by Gasteiger charge is 2.34. The molecule has 1 saturated heterocycles. The van der Waals surface area contributed by atoms with E-state index >= 15 is 0 Å². The molecule has 1 unspecified atom stereocenters. The molecule has 27 heavy (non-hydrogen) atoms. The van der Waals surface area contributed by atoms with Crippen LogP contribution in [0.15, 0.2) is 49.1 Å². The fourth-order valence-electron chi connectivity index (χ4n) is 3.74. The smallest absolute Gasteiger partial charge is 0.132 e. The highest BCUT2D eigenvalue weighted by Crippen LogP contribution is 2.41. The summed E-state index contributed by atoms with van der Waals surface area (Å²) < 4.78 is 31.3. The third kappa shape index (κ3) is 2.58. The number of hydrogen-bond donors (Lipinski definition) is 1. The van der Waals surface area contributed by atoms with Crippen molar-refractivity contribution in [1.82, 2.24) is 19.7 Å². The number of nitrogens with zero attached hydrogens (tertiary/aromatic N) is 4. The second-order valence-corrected chi connectivity index (χ2v) is 6.86. The fourth-order valence-corrected chi connectivity index (χ4v) is 3.74. The van der Waals surface area contributed by atoms with Gasteiger partial charge in [0, 0.05) is 36.6 Å². The molecule has 1 aliphatic rings. The Kier molecular flexibility index (Phi) is 3.50. The number of anilines is 1. The van der Waals surface area contributed by atoms with E-state index in [9.17, 15) is 8.78 Å². The molecular formula is C20H17F2N5. The summed E-state index contributed by atoms with van der Waals surface area (Å²) in [7, 11) is 1.77. The maximum atomic E-state index is 14.9. The van der Waals surface area contributed by atoms with Crippen molar-refractivity contribution in [3.63, 3.8) is 0 Å². The molecule has 3 heterocycles. The zero-order chi connectivity index (χ0) is 18.5. The van der Waals surface area contributed by atoms with Crippen molar-refractivity contribution in [2.75, 3.05) is 11.4 Å². The topological polar surface area (TPSA) is 49.7 Å². The number of nitrogens with one attached hydrogen (secondary N) is 1. The van der Waals surface area contributed by atoms with Crippen molar-refractivity contribution in [1.29, 1.82) is 0 Å². The van der Waals surface area contributed by atoms with E-state index in [1.165, 1.54) is 12.1 Å². The zero-order valence-electron chi connectivity index (χ0n) is 14.7. The van der Waals surface area contributed by atoms with Crippen LogP contribution in [0, 0.1) is 11.6 Å². The molecule has 7 heteroatoms. The number of aromatic nitrogens is 4. The number of imidazole rings is 1. The van der Waals surface area contributed by atoms with Crippen molar-refractivity contribution in [3.8, 4) is 11.1 Å². The Morgan fingerprint density at radius 2 is 1.93 bits per heavy atom. The van der Waals surface area contributed by atoms with E-state index < -0.39 is 11.6 Å². The Morgan fingerprint density at radius 3 is 2.59 bits per heavy atom. The molecule has 0 amide bonds. The molecule has 1 N–H and O–H groups in total. The molecule has 0 spiro atoms. The molecule has 2 aromatic heterocycles. The van der Waals surface area contributed by atoms with Crippen molar-refractivity contribution < 1.29 is 8.78 Å². The van der Waals surface area contributed by atoms with Gasteiger partial charge in [0.05, 0.1) is 29.6 Å². The summed E-state index contributed by atoms with van der Waals surface area (Å²) >= 11 is 0. The van der Waals surface area contributed by atoms with Crippen LogP contribution in [-0.2, 0) is 7.05 Å². The standard InChI is InChI=1S/C20H17F2N5/c1-26-10-13(9-25-26)12-6-15(21)20(16(22)7-12)19-4-5-27(19)14-2-3-17-18(8-14)24-11-23-17/h2-3,6-11,19H,4-5H2,1H3,(H,23,24). The van der Waals surface area contributed by atoms with Gasteiger partial charge in [0.25, 0.3) is 0 Å². The van der Waals surface area contributed by atoms with Crippen LogP contribution in [0.25, 0.3) is 22.2 Å². The van der Waals surface area contributed by atoms with E-state index in [4.69, 9.17) is 0 Å². The number of halogens is 2. The first-order chi connectivity index (χ1) is 13.1. The summed E-state index contributed by atoms with van der Waals surface area (Å²) in [4.78, 5) is 9.33. The largest absolute Gasteiger partial charge is 0.364 e. The van der Waals surface area contributed by atoms with E-state index in [1.807, 2.05) is 23.1 Å². The van der Waals surface area contributed by atoms with Gasteiger partial charge in [-0.1, -0.05) is 0 Å². The van der Waals surface area contributed by atoms with Crippen LogP contribution in [0.3, 0.4) is 0 Å². The third-order valence-electron chi connectivity index (χ3n) is 5.21. The lowest BCUT2D eigenvalue weighted by Crippen LogP contribution is -2.42. The first-order valence-electron chi connectivity index (χ1n) is 8.78. The summed E-state index contributed by atoms with van der Waals surface area (Å²) in [6.07, 6.45) is 5.68. The maximum absolute atomic E-state index is 14.9. The molecular weight excluding hydrogens is 348 g/mol. The number of aryl methyl sites for hydroxylation is 1. The van der Waals surface area contributed by atoms with Crippen LogP contribution in [0.4, 0.5) is 14.5 Å². The van der Waals surface area contributed by atoms with E-state index in [0.29, 0.717) is 17.5 Å². The molecule has 1 aliphatic heterocycles. The van der Waals surface area contributed by atoms with E-state index in [0.717, 1.165) is 23.3 Å². The van der Waals surface area contributed by atoms with E-state index in [1.54, 1.807) is 30.5 Å². The Labute approximate surface area is 154 Å². The van der Waals surface area contributed by atoms with Gasteiger partial charge in [-0.05, 0) is 42.3 Å². The molecule has 5 rings (SSSR count). The lowest BCUT2D eigenvalue weighted by Gasteiger charge is -2.43. The Morgan fingerprint density at radius 1 is 1.11 bits per heavy atom. The highest BCUT2D eigenvalue weighted by atomic mass is 19.1. The molecule has 0 radical (unpaired) electrons. The molecule has 136 valence electrons. The van der Waals surface area contributed by atoms with Crippen LogP contribution in [0.5, 0.6) is 0 Å². The van der Waals surface area contributed by atoms with Crippen LogP contribution in [-0.4, -0.2) is 26.3 Å². The Bertz CT molecular complexity index is 1120. The second kappa shape index (κ2) is 5.90. The van der Waals surface area contributed by atoms with Gasteiger partial charge in [-0.25, -0.2) is 13.8 Å². The average Bonchev–Trinajstić information content (AvgIpc) is 3.25. The van der Waals surface area contributed by atoms with Crippen LogP contribution in [0.1, 0.15) is 18.0 Å². The molecule has 2 aromatic carbocycles. The van der Waals surface area contributed by atoms with Crippen LogP contribution < -0.4 is 4.90 Å². The zero-order valence-corrected chi connectivity index (χ0v) is 14.7. The molecule has 4 aromatic rings. The van der Waals surface area contributed by atoms with Gasteiger partial charge in [-0.15, -0.1) is 0 Å². The normalized spacial score (nSPS) is 16.7. The van der Waals surface area contributed by atoms with E-state index in [2.05, 4.69) is 15.1 Å². The molecule has 0 saturated carbocycles. The van der Waals surface area contributed by atoms with Crippen molar-refractivity contribution >= 4 is 16.7 Å². The fraction of sp³-hybridized carbons (Fsp3) is 0.200. The Hall–Kier alpha value is -3.22. The van der Waals surface area contributed by atoms with E-state index in [-0.39, 0.29) is 11.6 Å². The minimum absolute atomic E-state index is 0.121. The molecule has 0 aliphatic carbocycles. The molecule has 1 fully saturated rings. The summed E-state index contributed by atoms with van der Waals surface area (Å²) in [5.74, 6) is -1.05. The third-order valence-corrected chi connectivity index (χ3v) is 5.21. The summed E-state index contributed by atoms with van der Waals surface area (Å²) in [6.45, 7) is 0.754. The van der Waals surface area contributed by atoms with Gasteiger partial charge < -0.3 is 9.88 Å². The van der Waals surface area contributed by atoms with Crippen molar-refractivity contribution in [3.05, 3.63) is 66.3 Å². The minimum Gasteiger partial charge on any atom is -0.364 e. The van der Waals surface area contributed by atoms with Gasteiger partial charge in [0.2, 0.25) is 0 Å². The monoisotopic (exact) mass is 365 g/mol. The maximum Gasteiger partial charge on any atom is 0.132 e. The molecule has 5 nitrogen and oxygen atoms in total. The first kappa shape index (κ1) is 16.0. The highest BCUT2D eigenvalue weighted by molar-refractivity contribution is 5.79. The lowest BCUT2D eigenvalue weighted by atomic mass is 9.91. The lowest BCUT2D eigenvalue weighted by molar-refractivity contribution is 0.422.